The molecular weight excluding hydrogens is 236 g/mol. The predicted octanol–water partition coefficient (Wildman–Crippen LogP) is 2.20. The molecule has 0 aromatic heterocycles. The largest absolute Gasteiger partial charge is 0.341 e. The Bertz CT molecular complexity index is 236. The quantitative estimate of drug-likeness (QED) is 0.826. The van der Waals surface area contributed by atoms with Crippen LogP contribution in [0, 0.1) is 5.92 Å². The summed E-state index contributed by atoms with van der Waals surface area (Å²) in [5, 5.41) is 3.38. The van der Waals surface area contributed by atoms with Crippen molar-refractivity contribution in [2.75, 3.05) is 20.1 Å². The van der Waals surface area contributed by atoms with Crippen molar-refractivity contribution < 1.29 is 4.79 Å². The van der Waals surface area contributed by atoms with Gasteiger partial charge in [0.05, 0.1) is 0 Å². The van der Waals surface area contributed by atoms with E-state index in [1.165, 1.54) is 32.1 Å². The lowest BCUT2D eigenvalue weighted by molar-refractivity contribution is -0.137. The summed E-state index contributed by atoms with van der Waals surface area (Å²) in [5.74, 6) is 0.717. The number of hydrogen-bond donors (Lipinski definition) is 1. The van der Waals surface area contributed by atoms with Crippen molar-refractivity contribution in [3.05, 3.63) is 0 Å². The van der Waals surface area contributed by atoms with Crippen LogP contribution in [0.5, 0.6) is 0 Å². The summed E-state index contributed by atoms with van der Waals surface area (Å²) in [6, 6.07) is 0.433. The number of hydrogen-bond acceptors (Lipinski definition) is 2. The first-order chi connectivity index (χ1) is 7.79. The smallest absolute Gasteiger partial charge is 0.225 e. The van der Waals surface area contributed by atoms with Crippen LogP contribution in [0.15, 0.2) is 0 Å². The summed E-state index contributed by atoms with van der Waals surface area (Å²) < 4.78 is 0. The van der Waals surface area contributed by atoms with Gasteiger partial charge in [-0.1, -0.05) is 19.3 Å². The monoisotopic (exact) mass is 260 g/mol. The maximum Gasteiger partial charge on any atom is 0.225 e. The van der Waals surface area contributed by atoms with Crippen LogP contribution >= 0.6 is 12.4 Å². The van der Waals surface area contributed by atoms with E-state index in [1.54, 1.807) is 0 Å². The molecule has 1 saturated heterocycles. The molecule has 1 atom stereocenters. The molecule has 100 valence electrons. The van der Waals surface area contributed by atoms with Crippen LogP contribution in [0.3, 0.4) is 0 Å². The zero-order valence-electron chi connectivity index (χ0n) is 10.8. The van der Waals surface area contributed by atoms with Gasteiger partial charge in [-0.25, -0.2) is 0 Å². The molecule has 0 bridgehead atoms. The van der Waals surface area contributed by atoms with E-state index in [9.17, 15) is 4.79 Å². The summed E-state index contributed by atoms with van der Waals surface area (Å²) >= 11 is 0. The fourth-order valence-corrected chi connectivity index (χ4v) is 2.98. The van der Waals surface area contributed by atoms with Gasteiger partial charge in [0.1, 0.15) is 0 Å². The highest BCUT2D eigenvalue weighted by molar-refractivity contribution is 5.85. The van der Waals surface area contributed by atoms with E-state index in [1.807, 2.05) is 11.9 Å². The molecule has 0 aromatic rings. The van der Waals surface area contributed by atoms with Gasteiger partial charge in [0.25, 0.3) is 0 Å². The van der Waals surface area contributed by atoms with Gasteiger partial charge in [0, 0.05) is 25.6 Å². The first-order valence-electron chi connectivity index (χ1n) is 6.76. The minimum absolute atomic E-state index is 0. The molecule has 1 amide bonds. The number of halogens is 1. The lowest BCUT2D eigenvalue weighted by Crippen LogP contribution is -2.48. The molecule has 2 fully saturated rings. The van der Waals surface area contributed by atoms with Crippen LogP contribution in [-0.4, -0.2) is 37.0 Å². The Labute approximate surface area is 111 Å². The second-order valence-electron chi connectivity index (χ2n) is 5.28. The first-order valence-corrected chi connectivity index (χ1v) is 6.76. The van der Waals surface area contributed by atoms with Crippen LogP contribution in [0.25, 0.3) is 0 Å². The Kier molecular flexibility index (Phi) is 6.28. The van der Waals surface area contributed by atoms with Crippen molar-refractivity contribution in [2.45, 2.75) is 51.0 Å². The lowest BCUT2D eigenvalue weighted by Gasteiger charge is -2.35. The molecule has 2 rings (SSSR count). The Morgan fingerprint density at radius 3 is 2.41 bits per heavy atom. The third kappa shape index (κ3) is 3.85. The van der Waals surface area contributed by atoms with Crippen LogP contribution in [-0.2, 0) is 4.79 Å². The van der Waals surface area contributed by atoms with Gasteiger partial charge in [-0.15, -0.1) is 12.4 Å². The zero-order chi connectivity index (χ0) is 11.4. The molecule has 1 aliphatic carbocycles. The Morgan fingerprint density at radius 2 is 1.82 bits per heavy atom. The minimum atomic E-state index is 0. The van der Waals surface area contributed by atoms with Gasteiger partial charge in [-0.05, 0) is 32.2 Å². The molecule has 0 spiro atoms. The zero-order valence-corrected chi connectivity index (χ0v) is 11.6. The molecule has 1 saturated carbocycles. The third-order valence-electron chi connectivity index (χ3n) is 4.12. The summed E-state index contributed by atoms with van der Waals surface area (Å²) in [6.07, 6.45) is 8.40. The van der Waals surface area contributed by atoms with Gasteiger partial charge in [-0.3, -0.25) is 4.79 Å². The van der Waals surface area contributed by atoms with Gasteiger partial charge < -0.3 is 10.2 Å². The van der Waals surface area contributed by atoms with Gasteiger partial charge in [0.15, 0.2) is 0 Å². The molecule has 17 heavy (non-hydrogen) atoms. The van der Waals surface area contributed by atoms with Crippen molar-refractivity contribution >= 4 is 18.3 Å². The van der Waals surface area contributed by atoms with Gasteiger partial charge >= 0.3 is 0 Å². The van der Waals surface area contributed by atoms with E-state index in [2.05, 4.69) is 5.32 Å². The number of rotatable bonds is 2. The SMILES string of the molecule is CN(C(=O)C1CCCCC1)C1CCCNC1.Cl. The van der Waals surface area contributed by atoms with E-state index in [0.29, 0.717) is 17.9 Å². The van der Waals surface area contributed by atoms with E-state index >= 15 is 0 Å². The Balaban J connectivity index is 0.00000144. The van der Waals surface area contributed by atoms with Crippen LogP contribution in [0.4, 0.5) is 0 Å². The number of nitrogens with zero attached hydrogens (tertiary/aromatic N) is 1. The van der Waals surface area contributed by atoms with Gasteiger partial charge in [0.2, 0.25) is 5.91 Å². The van der Waals surface area contributed by atoms with Crippen molar-refractivity contribution in [2.24, 2.45) is 5.92 Å². The number of amides is 1. The first kappa shape index (κ1) is 14.8. The standard InChI is InChI=1S/C13H24N2O.ClH/c1-15(12-8-5-9-14-10-12)13(16)11-6-3-2-4-7-11;/h11-12,14H,2-10H2,1H3;1H. The highest BCUT2D eigenvalue weighted by Crippen LogP contribution is 2.26. The normalized spacial score (nSPS) is 26.1. The maximum absolute atomic E-state index is 12.3. The van der Waals surface area contributed by atoms with Gasteiger partial charge in [-0.2, -0.15) is 0 Å². The van der Waals surface area contributed by atoms with Crippen molar-refractivity contribution in [1.82, 2.24) is 10.2 Å². The molecule has 1 N–H and O–H groups in total. The van der Waals surface area contributed by atoms with E-state index in [0.717, 1.165) is 25.9 Å². The summed E-state index contributed by atoms with van der Waals surface area (Å²) in [6.45, 7) is 2.09. The molecule has 3 nitrogen and oxygen atoms in total. The van der Waals surface area contributed by atoms with E-state index < -0.39 is 0 Å². The molecule has 4 heteroatoms. The van der Waals surface area contributed by atoms with Crippen molar-refractivity contribution in [3.63, 3.8) is 0 Å². The van der Waals surface area contributed by atoms with E-state index in [4.69, 9.17) is 0 Å². The molecule has 2 aliphatic rings. The topological polar surface area (TPSA) is 32.3 Å². The molecule has 1 unspecified atom stereocenters. The predicted molar refractivity (Wildman–Crippen MR) is 72.5 cm³/mol. The molecule has 0 radical (unpaired) electrons. The number of likely N-dealkylation sites (N-methyl/N-ethyl adjacent to an activating group) is 1. The number of carbonyl (C=O) groups is 1. The number of nitrogens with one attached hydrogen (secondary N) is 1. The highest BCUT2D eigenvalue weighted by Gasteiger charge is 2.28. The molecule has 1 aliphatic heterocycles. The second kappa shape index (κ2) is 7.22. The molecule has 1 heterocycles. The third-order valence-corrected chi connectivity index (χ3v) is 4.12. The number of piperidine rings is 1. The van der Waals surface area contributed by atoms with Crippen molar-refractivity contribution in [3.8, 4) is 0 Å². The Hall–Kier alpha value is -0.280. The minimum Gasteiger partial charge on any atom is -0.341 e. The lowest BCUT2D eigenvalue weighted by atomic mass is 9.88. The fourth-order valence-electron chi connectivity index (χ4n) is 2.98. The Morgan fingerprint density at radius 1 is 1.12 bits per heavy atom. The maximum atomic E-state index is 12.3. The summed E-state index contributed by atoms with van der Waals surface area (Å²) in [4.78, 5) is 14.3. The van der Waals surface area contributed by atoms with E-state index in [-0.39, 0.29) is 12.4 Å². The highest BCUT2D eigenvalue weighted by atomic mass is 35.5. The summed E-state index contributed by atoms with van der Waals surface area (Å²) in [7, 11) is 1.99. The molecule has 0 aromatic carbocycles. The number of carbonyl (C=O) groups excluding carboxylic acids is 1. The average Bonchev–Trinajstić information content (AvgIpc) is 2.39. The fraction of sp³-hybridized carbons (Fsp3) is 0.923. The van der Waals surface area contributed by atoms with Crippen LogP contribution < -0.4 is 5.32 Å². The second-order valence-corrected chi connectivity index (χ2v) is 5.28. The van der Waals surface area contributed by atoms with Crippen molar-refractivity contribution in [1.29, 1.82) is 0 Å². The molecular formula is C13H25ClN2O. The summed E-state index contributed by atoms with van der Waals surface area (Å²) in [5.41, 5.74) is 0. The average molecular weight is 261 g/mol. The van der Waals surface area contributed by atoms with Crippen LogP contribution in [0.1, 0.15) is 44.9 Å². The van der Waals surface area contributed by atoms with Crippen LogP contribution in [0.2, 0.25) is 0 Å².